The van der Waals surface area contributed by atoms with Crippen LogP contribution in [-0.2, 0) is 0 Å². The molecule has 0 aliphatic heterocycles. The van der Waals surface area contributed by atoms with E-state index in [1.807, 2.05) is 30.3 Å². The molecule has 0 saturated heterocycles. The molecule has 1 aliphatic carbocycles. The highest BCUT2D eigenvalue weighted by Gasteiger charge is 2.32. The standard InChI is InChI=1S/C19H12N2O2/c22-18-15-8-4-5-9-16(15)19(23)17(18)10-13-11-20-21(12-13)14-6-2-1-3-7-14/h1-12H. The molecule has 4 heteroatoms. The molecule has 1 aliphatic rings. The highest BCUT2D eigenvalue weighted by molar-refractivity contribution is 6.41. The largest absolute Gasteiger partial charge is 0.288 e. The highest BCUT2D eigenvalue weighted by Crippen LogP contribution is 2.27. The molecule has 0 bridgehead atoms. The third-order valence-corrected chi connectivity index (χ3v) is 3.84. The van der Waals surface area contributed by atoms with Crippen molar-refractivity contribution < 1.29 is 9.59 Å². The molecule has 4 nitrogen and oxygen atoms in total. The number of para-hydroxylation sites is 1. The topological polar surface area (TPSA) is 52.0 Å². The van der Waals surface area contributed by atoms with Crippen molar-refractivity contribution in [2.45, 2.75) is 0 Å². The number of rotatable bonds is 2. The van der Waals surface area contributed by atoms with Crippen molar-refractivity contribution in [2.24, 2.45) is 0 Å². The Morgan fingerprint density at radius 1 is 0.826 bits per heavy atom. The predicted molar refractivity (Wildman–Crippen MR) is 86.6 cm³/mol. The van der Waals surface area contributed by atoms with Gasteiger partial charge < -0.3 is 0 Å². The van der Waals surface area contributed by atoms with Crippen LogP contribution in [0.5, 0.6) is 0 Å². The second-order valence-corrected chi connectivity index (χ2v) is 5.32. The van der Waals surface area contributed by atoms with E-state index in [-0.39, 0.29) is 17.1 Å². The SMILES string of the molecule is O=C1C(=Cc2cnn(-c3ccccc3)c2)C(=O)c2ccccc21. The normalized spacial score (nSPS) is 13.3. The second-order valence-electron chi connectivity index (χ2n) is 5.32. The van der Waals surface area contributed by atoms with Crippen molar-refractivity contribution in [3.8, 4) is 5.69 Å². The van der Waals surface area contributed by atoms with E-state index < -0.39 is 0 Å². The molecule has 110 valence electrons. The Balaban J connectivity index is 1.71. The molecule has 23 heavy (non-hydrogen) atoms. The van der Waals surface area contributed by atoms with Gasteiger partial charge in [0.25, 0.3) is 0 Å². The molecule has 0 radical (unpaired) electrons. The minimum Gasteiger partial charge on any atom is -0.288 e. The van der Waals surface area contributed by atoms with E-state index in [2.05, 4.69) is 5.10 Å². The molecule has 1 heterocycles. The zero-order valence-corrected chi connectivity index (χ0v) is 12.1. The van der Waals surface area contributed by atoms with Crippen LogP contribution >= 0.6 is 0 Å². The first-order valence-electron chi connectivity index (χ1n) is 7.24. The molecule has 4 rings (SSSR count). The van der Waals surface area contributed by atoms with Crippen LogP contribution in [-0.4, -0.2) is 21.3 Å². The Morgan fingerprint density at radius 3 is 2.09 bits per heavy atom. The summed E-state index contributed by atoms with van der Waals surface area (Å²) in [6.07, 6.45) is 5.05. The molecule has 0 saturated carbocycles. The number of fused-ring (bicyclic) bond motifs is 1. The van der Waals surface area contributed by atoms with Crippen LogP contribution in [0.1, 0.15) is 26.3 Å². The fourth-order valence-corrected chi connectivity index (χ4v) is 2.70. The fourth-order valence-electron chi connectivity index (χ4n) is 2.70. The number of hydrogen-bond acceptors (Lipinski definition) is 3. The number of allylic oxidation sites excluding steroid dienone is 1. The lowest BCUT2D eigenvalue weighted by molar-refractivity contribution is 0.0990. The molecule has 3 aromatic rings. The molecule has 0 amide bonds. The zero-order valence-electron chi connectivity index (χ0n) is 12.1. The quantitative estimate of drug-likeness (QED) is 0.539. The summed E-state index contributed by atoms with van der Waals surface area (Å²) in [4.78, 5) is 24.7. The van der Waals surface area contributed by atoms with Gasteiger partial charge in [-0.15, -0.1) is 0 Å². The second kappa shape index (κ2) is 5.18. The van der Waals surface area contributed by atoms with E-state index in [0.717, 1.165) is 11.3 Å². The summed E-state index contributed by atoms with van der Waals surface area (Å²) in [7, 11) is 0. The molecule has 0 atom stereocenters. The summed E-state index contributed by atoms with van der Waals surface area (Å²) in [5, 5.41) is 4.28. The first kappa shape index (κ1) is 13.4. The third kappa shape index (κ3) is 2.21. The van der Waals surface area contributed by atoms with Crippen molar-refractivity contribution in [3.05, 3.63) is 89.3 Å². The van der Waals surface area contributed by atoms with Gasteiger partial charge in [0.1, 0.15) is 0 Å². The maximum Gasteiger partial charge on any atom is 0.197 e. The van der Waals surface area contributed by atoms with Gasteiger partial charge in [-0.1, -0.05) is 42.5 Å². The molecule has 2 aromatic carbocycles. The Hall–Kier alpha value is -3.27. The Kier molecular flexibility index (Phi) is 3.01. The van der Waals surface area contributed by atoms with E-state index in [0.29, 0.717) is 11.1 Å². The van der Waals surface area contributed by atoms with Gasteiger partial charge in [-0.25, -0.2) is 4.68 Å². The van der Waals surface area contributed by atoms with Crippen LogP contribution in [0.15, 0.2) is 72.6 Å². The number of nitrogens with zero attached hydrogens (tertiary/aromatic N) is 2. The first-order chi connectivity index (χ1) is 11.2. The van der Waals surface area contributed by atoms with Crippen molar-refractivity contribution in [3.63, 3.8) is 0 Å². The average molecular weight is 300 g/mol. The van der Waals surface area contributed by atoms with Crippen LogP contribution in [0, 0.1) is 0 Å². The van der Waals surface area contributed by atoms with Crippen LogP contribution < -0.4 is 0 Å². The summed E-state index contributed by atoms with van der Waals surface area (Å²) in [6, 6.07) is 16.6. The van der Waals surface area contributed by atoms with E-state index in [4.69, 9.17) is 0 Å². The fraction of sp³-hybridized carbons (Fsp3) is 0. The monoisotopic (exact) mass is 300 g/mol. The molecule has 0 fully saturated rings. The molecular weight excluding hydrogens is 288 g/mol. The maximum absolute atomic E-state index is 12.4. The van der Waals surface area contributed by atoms with Crippen molar-refractivity contribution >= 4 is 17.6 Å². The predicted octanol–water partition coefficient (Wildman–Crippen LogP) is 3.33. The number of ketones is 2. The number of benzene rings is 2. The van der Waals surface area contributed by atoms with Gasteiger partial charge >= 0.3 is 0 Å². The molecule has 0 N–H and O–H groups in total. The minimum absolute atomic E-state index is 0.193. The minimum atomic E-state index is -0.224. The first-order valence-corrected chi connectivity index (χ1v) is 7.24. The van der Waals surface area contributed by atoms with Crippen LogP contribution in [0.3, 0.4) is 0 Å². The van der Waals surface area contributed by atoms with E-state index in [1.54, 1.807) is 47.4 Å². The molecule has 1 aromatic heterocycles. The zero-order chi connectivity index (χ0) is 15.8. The average Bonchev–Trinajstić information content (AvgIpc) is 3.16. The van der Waals surface area contributed by atoms with Gasteiger partial charge in [0.15, 0.2) is 11.6 Å². The van der Waals surface area contributed by atoms with Gasteiger partial charge in [0, 0.05) is 22.9 Å². The van der Waals surface area contributed by atoms with Crippen LogP contribution in [0.25, 0.3) is 11.8 Å². The van der Waals surface area contributed by atoms with Gasteiger partial charge in [-0.2, -0.15) is 5.10 Å². The number of Topliss-reactive ketones (excluding diaryl/α,β-unsaturated/α-hetero) is 2. The van der Waals surface area contributed by atoms with Crippen molar-refractivity contribution in [2.75, 3.05) is 0 Å². The summed E-state index contributed by atoms with van der Waals surface area (Å²) >= 11 is 0. The molecular formula is C19H12N2O2. The van der Waals surface area contributed by atoms with Gasteiger partial charge in [-0.3, -0.25) is 9.59 Å². The lowest BCUT2D eigenvalue weighted by atomic mass is 10.1. The van der Waals surface area contributed by atoms with E-state index in [1.165, 1.54) is 0 Å². The maximum atomic E-state index is 12.4. The smallest absolute Gasteiger partial charge is 0.197 e. The molecule has 0 unspecified atom stereocenters. The number of hydrogen-bond donors (Lipinski definition) is 0. The van der Waals surface area contributed by atoms with Gasteiger partial charge in [-0.05, 0) is 18.2 Å². The Morgan fingerprint density at radius 2 is 1.43 bits per heavy atom. The van der Waals surface area contributed by atoms with Crippen molar-refractivity contribution in [1.82, 2.24) is 9.78 Å². The number of carbonyl (C=O) groups excluding carboxylic acids is 2. The summed E-state index contributed by atoms with van der Waals surface area (Å²) in [6.45, 7) is 0. The summed E-state index contributed by atoms with van der Waals surface area (Å²) in [5.74, 6) is -0.448. The highest BCUT2D eigenvalue weighted by atomic mass is 16.2. The van der Waals surface area contributed by atoms with E-state index in [9.17, 15) is 9.59 Å². The van der Waals surface area contributed by atoms with Gasteiger partial charge in [0.05, 0.1) is 17.5 Å². The summed E-state index contributed by atoms with van der Waals surface area (Å²) < 4.78 is 1.71. The van der Waals surface area contributed by atoms with Crippen molar-refractivity contribution in [1.29, 1.82) is 0 Å². The lowest BCUT2D eigenvalue weighted by Gasteiger charge is -1.98. The number of aromatic nitrogens is 2. The summed E-state index contributed by atoms with van der Waals surface area (Å²) in [5.41, 5.74) is 2.78. The lowest BCUT2D eigenvalue weighted by Crippen LogP contribution is -1.99. The van der Waals surface area contributed by atoms with Crippen LogP contribution in [0.4, 0.5) is 0 Å². The Bertz CT molecular complexity index is 915. The van der Waals surface area contributed by atoms with Gasteiger partial charge in [0.2, 0.25) is 0 Å². The van der Waals surface area contributed by atoms with E-state index >= 15 is 0 Å². The van der Waals surface area contributed by atoms with Crippen LogP contribution in [0.2, 0.25) is 0 Å². The Labute approximate surface area is 132 Å². The number of carbonyl (C=O) groups is 2. The third-order valence-electron chi connectivity index (χ3n) is 3.84. The molecule has 0 spiro atoms.